The highest BCUT2D eigenvalue weighted by molar-refractivity contribution is 5.08. The van der Waals surface area contributed by atoms with Crippen molar-refractivity contribution >= 4 is 0 Å². The van der Waals surface area contributed by atoms with Crippen LogP contribution in [0.1, 0.15) is 24.9 Å². The summed E-state index contributed by atoms with van der Waals surface area (Å²) < 4.78 is 8.38. The Bertz CT molecular complexity index is 617. The maximum Gasteiger partial charge on any atom is 0.299 e. The number of nitrogens with zero attached hydrogens (tertiary/aromatic N) is 5. The van der Waals surface area contributed by atoms with Gasteiger partial charge in [-0.2, -0.15) is 5.10 Å². The first-order valence-electron chi connectivity index (χ1n) is 6.15. The van der Waals surface area contributed by atoms with E-state index in [-0.39, 0.29) is 11.6 Å². The number of aromatic nitrogens is 5. The molecule has 0 atom stereocenters. The molecule has 0 aliphatic carbocycles. The van der Waals surface area contributed by atoms with Gasteiger partial charge in [-0.25, -0.2) is 14.6 Å². The predicted octanol–water partition coefficient (Wildman–Crippen LogP) is 0.610. The van der Waals surface area contributed by atoms with E-state index in [4.69, 9.17) is 4.74 Å². The molecule has 0 saturated carbocycles. The van der Waals surface area contributed by atoms with Crippen LogP contribution < -0.4 is 10.3 Å². The molecule has 0 amide bonds. The van der Waals surface area contributed by atoms with E-state index < -0.39 is 0 Å². The molecule has 102 valence electrons. The van der Waals surface area contributed by atoms with Crippen molar-refractivity contribution in [2.45, 2.75) is 33.4 Å². The highest BCUT2D eigenvalue weighted by Gasteiger charge is 2.11. The number of methoxy groups -OCH3 is 1. The maximum atomic E-state index is 12.0. The van der Waals surface area contributed by atoms with Crippen molar-refractivity contribution in [3.63, 3.8) is 0 Å². The van der Waals surface area contributed by atoms with E-state index in [9.17, 15) is 4.79 Å². The SMILES string of the molecule is CCCn1ncnc1Cn1c(OC)nc(C)cc1=O. The lowest BCUT2D eigenvalue weighted by Gasteiger charge is -2.11. The van der Waals surface area contributed by atoms with E-state index in [1.807, 2.05) is 0 Å². The Morgan fingerprint density at radius 2 is 2.21 bits per heavy atom. The second-order valence-corrected chi connectivity index (χ2v) is 4.21. The topological polar surface area (TPSA) is 74.8 Å². The van der Waals surface area contributed by atoms with Crippen molar-refractivity contribution in [2.24, 2.45) is 0 Å². The van der Waals surface area contributed by atoms with Gasteiger partial charge in [0, 0.05) is 18.3 Å². The number of rotatable bonds is 5. The Morgan fingerprint density at radius 1 is 1.42 bits per heavy atom. The lowest BCUT2D eigenvalue weighted by Crippen LogP contribution is -2.25. The van der Waals surface area contributed by atoms with Gasteiger partial charge in [0.1, 0.15) is 12.2 Å². The van der Waals surface area contributed by atoms with Crippen LogP contribution in [0.3, 0.4) is 0 Å². The van der Waals surface area contributed by atoms with Crippen molar-refractivity contribution in [1.82, 2.24) is 24.3 Å². The van der Waals surface area contributed by atoms with Gasteiger partial charge >= 0.3 is 0 Å². The van der Waals surface area contributed by atoms with Crippen LogP contribution in [0.25, 0.3) is 0 Å². The van der Waals surface area contributed by atoms with E-state index in [0.29, 0.717) is 18.1 Å². The van der Waals surface area contributed by atoms with E-state index in [2.05, 4.69) is 22.0 Å². The smallest absolute Gasteiger partial charge is 0.299 e. The number of aryl methyl sites for hydroxylation is 2. The van der Waals surface area contributed by atoms with Gasteiger partial charge in [-0.15, -0.1) is 0 Å². The lowest BCUT2D eigenvalue weighted by atomic mass is 10.4. The van der Waals surface area contributed by atoms with E-state index >= 15 is 0 Å². The van der Waals surface area contributed by atoms with Crippen LogP contribution in [0.4, 0.5) is 0 Å². The third kappa shape index (κ3) is 2.81. The minimum absolute atomic E-state index is 0.157. The fraction of sp³-hybridized carbons (Fsp3) is 0.500. The molecule has 7 heteroatoms. The van der Waals surface area contributed by atoms with Crippen molar-refractivity contribution in [2.75, 3.05) is 7.11 Å². The van der Waals surface area contributed by atoms with Gasteiger partial charge in [-0.3, -0.25) is 9.36 Å². The summed E-state index contributed by atoms with van der Waals surface area (Å²) in [6.07, 6.45) is 2.44. The monoisotopic (exact) mass is 263 g/mol. The van der Waals surface area contributed by atoms with Crippen molar-refractivity contribution in [3.8, 4) is 6.01 Å². The Morgan fingerprint density at radius 3 is 2.89 bits per heavy atom. The number of hydrogen-bond acceptors (Lipinski definition) is 5. The van der Waals surface area contributed by atoms with Gasteiger partial charge in [-0.1, -0.05) is 6.92 Å². The molecule has 0 aliphatic rings. The zero-order valence-corrected chi connectivity index (χ0v) is 11.3. The van der Waals surface area contributed by atoms with E-state index in [1.165, 1.54) is 24.1 Å². The third-order valence-electron chi connectivity index (χ3n) is 2.71. The van der Waals surface area contributed by atoms with Crippen LogP contribution in [0.2, 0.25) is 0 Å². The fourth-order valence-corrected chi connectivity index (χ4v) is 1.85. The molecule has 7 nitrogen and oxygen atoms in total. The van der Waals surface area contributed by atoms with Crippen molar-refractivity contribution < 1.29 is 4.74 Å². The molecule has 0 N–H and O–H groups in total. The number of hydrogen-bond donors (Lipinski definition) is 0. The standard InChI is InChI=1S/C12H17N5O2/c1-4-5-17-10(13-8-14-17)7-16-11(18)6-9(2)15-12(16)19-3/h6,8H,4-5,7H2,1-3H3. The Labute approximate surface area is 110 Å². The lowest BCUT2D eigenvalue weighted by molar-refractivity contribution is 0.346. The summed E-state index contributed by atoms with van der Waals surface area (Å²) in [5, 5.41) is 4.13. The zero-order valence-electron chi connectivity index (χ0n) is 11.3. The summed E-state index contributed by atoms with van der Waals surface area (Å²) in [5.74, 6) is 0.716. The summed E-state index contributed by atoms with van der Waals surface area (Å²) in [6, 6.07) is 1.76. The molecule has 2 aromatic rings. The van der Waals surface area contributed by atoms with E-state index in [1.54, 1.807) is 11.6 Å². The Balaban J connectivity index is 2.38. The highest BCUT2D eigenvalue weighted by atomic mass is 16.5. The van der Waals surface area contributed by atoms with Crippen molar-refractivity contribution in [1.29, 1.82) is 0 Å². The third-order valence-corrected chi connectivity index (χ3v) is 2.71. The zero-order chi connectivity index (χ0) is 13.8. The Hall–Kier alpha value is -2.18. The second kappa shape index (κ2) is 5.64. The molecule has 0 spiro atoms. The van der Waals surface area contributed by atoms with Gasteiger partial charge in [0.2, 0.25) is 0 Å². The van der Waals surface area contributed by atoms with Gasteiger partial charge < -0.3 is 4.74 Å². The molecular formula is C12H17N5O2. The molecule has 2 heterocycles. The molecule has 0 saturated heterocycles. The molecule has 0 aliphatic heterocycles. The van der Waals surface area contributed by atoms with Gasteiger partial charge in [0.15, 0.2) is 0 Å². The minimum Gasteiger partial charge on any atom is -0.468 e. The molecule has 2 rings (SSSR count). The number of ether oxygens (including phenoxy) is 1. The predicted molar refractivity (Wildman–Crippen MR) is 69.2 cm³/mol. The van der Waals surface area contributed by atoms with Crippen LogP contribution in [0, 0.1) is 6.92 Å². The summed E-state index contributed by atoms with van der Waals surface area (Å²) >= 11 is 0. The quantitative estimate of drug-likeness (QED) is 0.790. The highest BCUT2D eigenvalue weighted by Crippen LogP contribution is 2.07. The first-order valence-corrected chi connectivity index (χ1v) is 6.15. The maximum absolute atomic E-state index is 12.0. The van der Waals surface area contributed by atoms with Crippen LogP contribution in [-0.4, -0.2) is 31.4 Å². The molecule has 19 heavy (non-hydrogen) atoms. The average Bonchev–Trinajstić information content (AvgIpc) is 2.80. The first-order chi connectivity index (χ1) is 9.15. The summed E-state index contributed by atoms with van der Waals surface area (Å²) in [5.41, 5.74) is 0.475. The molecular weight excluding hydrogens is 246 g/mol. The molecule has 0 radical (unpaired) electrons. The normalized spacial score (nSPS) is 10.7. The van der Waals surface area contributed by atoms with Gasteiger partial charge in [0.25, 0.3) is 11.6 Å². The van der Waals surface area contributed by atoms with Gasteiger partial charge in [0.05, 0.1) is 13.7 Å². The van der Waals surface area contributed by atoms with Gasteiger partial charge in [-0.05, 0) is 13.3 Å². The largest absolute Gasteiger partial charge is 0.468 e. The molecule has 0 aromatic carbocycles. The molecule has 2 aromatic heterocycles. The van der Waals surface area contributed by atoms with Crippen molar-refractivity contribution in [3.05, 3.63) is 34.3 Å². The molecule has 0 bridgehead atoms. The van der Waals surface area contributed by atoms with Crippen LogP contribution in [0.5, 0.6) is 6.01 Å². The Kier molecular flexibility index (Phi) is 3.94. The minimum atomic E-state index is -0.157. The summed E-state index contributed by atoms with van der Waals surface area (Å²) in [6.45, 7) is 4.89. The van der Waals surface area contributed by atoms with Crippen LogP contribution in [-0.2, 0) is 13.1 Å². The van der Waals surface area contributed by atoms with Crippen LogP contribution in [0.15, 0.2) is 17.2 Å². The molecule has 0 unspecified atom stereocenters. The second-order valence-electron chi connectivity index (χ2n) is 4.21. The fourth-order valence-electron chi connectivity index (χ4n) is 1.85. The summed E-state index contributed by atoms with van der Waals surface area (Å²) in [7, 11) is 1.49. The molecule has 0 fully saturated rings. The van der Waals surface area contributed by atoms with E-state index in [0.717, 1.165) is 13.0 Å². The summed E-state index contributed by atoms with van der Waals surface area (Å²) in [4.78, 5) is 20.4. The van der Waals surface area contributed by atoms with Crippen LogP contribution >= 0.6 is 0 Å². The average molecular weight is 263 g/mol. The first kappa shape index (κ1) is 13.3.